The van der Waals surface area contributed by atoms with Crippen LogP contribution >= 0.6 is 7.82 Å². The molecule has 2 aliphatic heterocycles. The number of hydrogen-bond donors (Lipinski definition) is 5. The molecule has 0 aliphatic carbocycles. The molecule has 2 aliphatic rings. The van der Waals surface area contributed by atoms with Crippen LogP contribution in [0.1, 0.15) is 0 Å². The third kappa shape index (κ3) is 4.00. The highest BCUT2D eigenvalue weighted by atomic mass is 31.2. The summed E-state index contributed by atoms with van der Waals surface area (Å²) in [5, 5.41) is 19.9. The number of amides is 1. The Morgan fingerprint density at radius 2 is 2.23 bits per heavy atom. The number of hydrogen-bond acceptors (Lipinski definition) is 7. The number of quaternary nitrogens is 1. The zero-order chi connectivity index (χ0) is 16.5. The normalized spacial score (nSPS) is 37.6. The van der Waals surface area contributed by atoms with Crippen molar-refractivity contribution in [3.8, 4) is 0 Å². The average Bonchev–Trinajstić information content (AvgIpc) is 2.72. The molecule has 1 fully saturated rings. The van der Waals surface area contributed by atoms with Crippen LogP contribution in [0.2, 0.25) is 0 Å². The maximum atomic E-state index is 11.2. The number of rotatable bonds is 5. The zero-order valence-corrected chi connectivity index (χ0v) is 12.3. The highest BCUT2D eigenvalue weighted by Gasteiger charge is 2.48. The monoisotopic (exact) mass is 336 g/mol. The van der Waals surface area contributed by atoms with Crippen molar-refractivity contribution < 1.29 is 43.5 Å². The number of nitrogens with one attached hydrogen (secondary N) is 1. The van der Waals surface area contributed by atoms with Crippen LogP contribution < -0.4 is 15.5 Å². The molecule has 6 atom stereocenters. The molecule has 0 spiro atoms. The zero-order valence-electron chi connectivity index (χ0n) is 11.4. The number of primary amides is 1. The Morgan fingerprint density at radius 3 is 2.82 bits per heavy atom. The number of allylic oxidation sites excluding steroid dienone is 2. The number of phosphoric ester groups is 1. The van der Waals surface area contributed by atoms with Gasteiger partial charge in [0.15, 0.2) is 6.10 Å². The molecule has 0 aromatic carbocycles. The van der Waals surface area contributed by atoms with E-state index in [9.17, 15) is 24.5 Å². The summed E-state index contributed by atoms with van der Waals surface area (Å²) in [6.07, 6.45) is -0.105. The Kier molecular flexibility index (Phi) is 5.15. The van der Waals surface area contributed by atoms with Gasteiger partial charge in [0.05, 0.1) is 18.4 Å². The number of aliphatic hydroxyl groups excluding tert-OH is 2. The average molecular weight is 336 g/mol. The van der Waals surface area contributed by atoms with E-state index < -0.39 is 44.9 Å². The minimum Gasteiger partial charge on any atom is -0.756 e. The quantitative estimate of drug-likeness (QED) is 0.315. The first-order valence-corrected chi connectivity index (χ1v) is 7.91. The van der Waals surface area contributed by atoms with Crippen LogP contribution in [-0.2, 0) is 18.6 Å². The van der Waals surface area contributed by atoms with Gasteiger partial charge in [0.1, 0.15) is 18.8 Å². The number of carbonyl (C=O) groups excluding carboxylic acids is 1. The molecule has 10 nitrogen and oxygen atoms in total. The number of nitrogens with two attached hydrogens (primary N) is 1. The molecule has 124 valence electrons. The van der Waals surface area contributed by atoms with E-state index in [2.05, 4.69) is 4.52 Å². The molecule has 2 unspecified atom stereocenters. The molecule has 0 aromatic heterocycles. The molecule has 6 N–H and O–H groups in total. The highest BCUT2D eigenvalue weighted by Crippen LogP contribution is 2.32. The van der Waals surface area contributed by atoms with Gasteiger partial charge in [-0.3, -0.25) is 14.3 Å². The van der Waals surface area contributed by atoms with Crippen molar-refractivity contribution in [3.05, 3.63) is 23.9 Å². The summed E-state index contributed by atoms with van der Waals surface area (Å²) >= 11 is 0. The van der Waals surface area contributed by atoms with Crippen molar-refractivity contribution in [2.75, 3.05) is 13.2 Å². The van der Waals surface area contributed by atoms with Crippen LogP contribution in [0.25, 0.3) is 0 Å². The Hall–Kier alpha value is -1.10. The Labute approximate surface area is 125 Å². The van der Waals surface area contributed by atoms with Crippen molar-refractivity contribution in [3.63, 3.8) is 0 Å². The van der Waals surface area contributed by atoms with Gasteiger partial charge in [-0.05, 0) is 12.2 Å². The van der Waals surface area contributed by atoms with E-state index in [0.717, 1.165) is 0 Å². The van der Waals surface area contributed by atoms with E-state index in [4.69, 9.17) is 15.4 Å². The molecular formula is C11H17N2O8P. The third-order valence-corrected chi connectivity index (χ3v) is 3.92. The number of phosphoric acid groups is 1. The molecule has 2 rings (SSSR count). The standard InChI is InChI=1S/C11H17N2O8P/c12-10(16)6-2-1-3-13(4-6)11-9(15)8(14)7(21-11)5-20-22(17,18)19/h1-3,7-9,11,14-15H,4-5H2,(H2,12,16)(H2,17,18,19)/t7-,8-,9-,11-/m1/s1. The lowest BCUT2D eigenvalue weighted by atomic mass is 10.1. The SMILES string of the molecule is NC(=O)C1=CC=C[NH+]([C@@H]2O[C@H](COP(=O)([O-])O)[C@@H](O)[C@H]2O)C1. The second-order valence-electron chi connectivity index (χ2n) is 5.01. The van der Waals surface area contributed by atoms with Crippen molar-refractivity contribution in [1.82, 2.24) is 0 Å². The minimum atomic E-state index is -4.95. The van der Waals surface area contributed by atoms with Crippen LogP contribution in [0.4, 0.5) is 0 Å². The molecule has 0 saturated carbocycles. The third-order valence-electron chi connectivity index (χ3n) is 3.45. The van der Waals surface area contributed by atoms with Crippen molar-refractivity contribution in [2.45, 2.75) is 24.5 Å². The number of carbonyl (C=O) groups is 1. The first-order chi connectivity index (χ1) is 10.2. The van der Waals surface area contributed by atoms with Crippen LogP contribution in [-0.4, -0.2) is 58.7 Å². The smallest absolute Gasteiger partial charge is 0.265 e. The first kappa shape index (κ1) is 17.3. The lowest BCUT2D eigenvalue weighted by molar-refractivity contribution is -0.898. The molecule has 1 amide bonds. The van der Waals surface area contributed by atoms with Gasteiger partial charge in [0.25, 0.3) is 7.82 Å². The molecule has 11 heteroatoms. The maximum absolute atomic E-state index is 11.2. The summed E-state index contributed by atoms with van der Waals surface area (Å²) in [5.41, 5.74) is 5.51. The van der Waals surface area contributed by atoms with E-state index in [1.165, 1.54) is 6.08 Å². The van der Waals surface area contributed by atoms with Gasteiger partial charge in [0.2, 0.25) is 12.1 Å². The fraction of sp³-hybridized carbons (Fsp3) is 0.545. The molecule has 1 saturated heterocycles. The summed E-state index contributed by atoms with van der Waals surface area (Å²) in [6, 6.07) is 0. The summed E-state index contributed by atoms with van der Waals surface area (Å²) in [4.78, 5) is 30.8. The molecule has 0 bridgehead atoms. The Balaban J connectivity index is 2.01. The molecule has 0 aromatic rings. The molecule has 2 heterocycles. The largest absolute Gasteiger partial charge is 0.756 e. The molecule has 0 radical (unpaired) electrons. The van der Waals surface area contributed by atoms with Gasteiger partial charge in [-0.25, -0.2) is 0 Å². The van der Waals surface area contributed by atoms with E-state index in [1.54, 1.807) is 12.3 Å². The number of ether oxygens (including phenoxy) is 1. The summed E-state index contributed by atoms with van der Waals surface area (Å²) in [5.74, 6) is -0.609. The van der Waals surface area contributed by atoms with Gasteiger partial charge >= 0.3 is 0 Å². The Morgan fingerprint density at radius 1 is 1.55 bits per heavy atom. The number of aliphatic hydroxyl groups is 2. The van der Waals surface area contributed by atoms with E-state index >= 15 is 0 Å². The second kappa shape index (κ2) is 6.57. The van der Waals surface area contributed by atoms with E-state index in [0.29, 0.717) is 10.5 Å². The maximum Gasteiger partial charge on any atom is 0.265 e. The van der Waals surface area contributed by atoms with E-state index in [1.807, 2.05) is 0 Å². The lowest BCUT2D eigenvalue weighted by Crippen LogP contribution is -3.13. The van der Waals surface area contributed by atoms with Gasteiger partial charge in [-0.1, -0.05) is 0 Å². The summed E-state index contributed by atoms with van der Waals surface area (Å²) < 4.78 is 20.1. The lowest BCUT2D eigenvalue weighted by Gasteiger charge is -2.25. The van der Waals surface area contributed by atoms with Gasteiger partial charge in [0, 0.05) is 0 Å². The Bertz CT molecular complexity index is 544. The van der Waals surface area contributed by atoms with Crippen molar-refractivity contribution in [2.24, 2.45) is 5.73 Å². The first-order valence-electron chi connectivity index (χ1n) is 6.42. The van der Waals surface area contributed by atoms with Crippen LogP contribution in [0, 0.1) is 0 Å². The fourth-order valence-corrected chi connectivity index (χ4v) is 2.69. The van der Waals surface area contributed by atoms with Crippen LogP contribution in [0.15, 0.2) is 23.9 Å². The van der Waals surface area contributed by atoms with Crippen molar-refractivity contribution >= 4 is 13.7 Å². The second-order valence-corrected chi connectivity index (χ2v) is 6.20. The topological polar surface area (TPSA) is 167 Å². The fourth-order valence-electron chi connectivity index (χ4n) is 2.35. The molecule has 22 heavy (non-hydrogen) atoms. The van der Waals surface area contributed by atoms with Gasteiger partial charge < -0.3 is 35.0 Å². The summed E-state index contributed by atoms with van der Waals surface area (Å²) in [6.45, 7) is -0.491. The highest BCUT2D eigenvalue weighted by molar-refractivity contribution is 7.44. The van der Waals surface area contributed by atoms with E-state index in [-0.39, 0.29) is 6.54 Å². The minimum absolute atomic E-state index is 0.147. The predicted octanol–water partition coefficient (Wildman–Crippen LogP) is -4.27. The molecular weight excluding hydrogens is 319 g/mol. The van der Waals surface area contributed by atoms with Crippen LogP contribution in [0.3, 0.4) is 0 Å². The summed E-state index contributed by atoms with van der Waals surface area (Å²) in [7, 11) is -4.95. The van der Waals surface area contributed by atoms with Crippen molar-refractivity contribution in [1.29, 1.82) is 0 Å². The van der Waals surface area contributed by atoms with Gasteiger partial charge in [-0.15, -0.1) is 0 Å². The predicted molar refractivity (Wildman–Crippen MR) is 68.7 cm³/mol. The van der Waals surface area contributed by atoms with Crippen LogP contribution in [0.5, 0.6) is 0 Å². The van der Waals surface area contributed by atoms with Gasteiger partial charge in [-0.2, -0.15) is 0 Å².